The molecule has 0 aliphatic carbocycles. The third-order valence-corrected chi connectivity index (χ3v) is 2.85. The number of aromatic nitrogens is 2. The Morgan fingerprint density at radius 3 is 2.50 bits per heavy atom. The number of hydrogen-bond donors (Lipinski definition) is 0. The van der Waals surface area contributed by atoms with E-state index in [1.54, 1.807) is 0 Å². The molecule has 18 heavy (non-hydrogen) atoms. The molecule has 0 bridgehead atoms. The van der Waals surface area contributed by atoms with Crippen LogP contribution in [-0.2, 0) is 6.42 Å². The minimum Gasteiger partial charge on any atom is -0.350 e. The molecular formula is C10H10ClF4N3. The van der Waals surface area contributed by atoms with Crippen molar-refractivity contribution in [3.8, 4) is 0 Å². The third kappa shape index (κ3) is 2.82. The van der Waals surface area contributed by atoms with Crippen LogP contribution in [0.2, 0.25) is 5.28 Å². The molecular weight excluding hydrogens is 274 g/mol. The van der Waals surface area contributed by atoms with Gasteiger partial charge in [-0.2, -0.15) is 0 Å². The van der Waals surface area contributed by atoms with Crippen LogP contribution in [0.4, 0.5) is 23.4 Å². The molecule has 8 heteroatoms. The first-order chi connectivity index (χ1) is 8.47. The zero-order valence-corrected chi connectivity index (χ0v) is 9.92. The molecule has 1 aliphatic rings. The molecule has 0 aromatic carbocycles. The number of hydrogen-bond acceptors (Lipinski definition) is 3. The lowest BCUT2D eigenvalue weighted by Crippen LogP contribution is -2.24. The molecule has 0 amide bonds. The molecule has 0 radical (unpaired) electrons. The molecule has 1 aromatic heterocycles. The molecule has 2 atom stereocenters. The van der Waals surface area contributed by atoms with E-state index in [1.165, 1.54) is 4.90 Å². The van der Waals surface area contributed by atoms with Crippen molar-refractivity contribution >= 4 is 17.4 Å². The quantitative estimate of drug-likeness (QED) is 0.630. The Morgan fingerprint density at radius 2 is 1.94 bits per heavy atom. The van der Waals surface area contributed by atoms with Gasteiger partial charge in [-0.15, -0.1) is 0 Å². The average molecular weight is 284 g/mol. The van der Waals surface area contributed by atoms with Gasteiger partial charge < -0.3 is 4.90 Å². The van der Waals surface area contributed by atoms with Gasteiger partial charge in [0.15, 0.2) is 12.3 Å². The lowest BCUT2D eigenvalue weighted by Gasteiger charge is -2.19. The van der Waals surface area contributed by atoms with E-state index in [4.69, 9.17) is 11.6 Å². The van der Waals surface area contributed by atoms with Crippen LogP contribution in [0.25, 0.3) is 0 Å². The first kappa shape index (κ1) is 13.3. The minimum atomic E-state index is -2.58. The van der Waals surface area contributed by atoms with Crippen molar-refractivity contribution in [3.63, 3.8) is 0 Å². The maximum atomic E-state index is 13.1. The highest BCUT2D eigenvalue weighted by Gasteiger charge is 2.34. The largest absolute Gasteiger partial charge is 0.350 e. The summed E-state index contributed by atoms with van der Waals surface area (Å²) < 4.78 is 51.0. The van der Waals surface area contributed by atoms with Crippen LogP contribution < -0.4 is 4.90 Å². The lowest BCUT2D eigenvalue weighted by atomic mass is 10.2. The summed E-state index contributed by atoms with van der Waals surface area (Å²) in [6.45, 7) is -0.435. The molecule has 1 fully saturated rings. The average Bonchev–Trinajstić information content (AvgIpc) is 2.61. The van der Waals surface area contributed by atoms with Crippen LogP contribution in [0.15, 0.2) is 6.20 Å². The summed E-state index contributed by atoms with van der Waals surface area (Å²) in [4.78, 5) is 8.68. The number of rotatable bonds is 3. The normalized spacial score (nSPS) is 24.0. The van der Waals surface area contributed by atoms with Gasteiger partial charge in [0.05, 0.1) is 13.1 Å². The number of anilines is 1. The Kier molecular flexibility index (Phi) is 3.89. The van der Waals surface area contributed by atoms with Crippen molar-refractivity contribution in [2.24, 2.45) is 0 Å². The second-order valence-electron chi connectivity index (χ2n) is 4.02. The van der Waals surface area contributed by atoms with E-state index in [0.29, 0.717) is 0 Å². The predicted octanol–water partition coefficient (Wildman–Crippen LogP) is 2.43. The van der Waals surface area contributed by atoms with Crippen molar-refractivity contribution in [2.75, 3.05) is 18.0 Å². The molecule has 2 heterocycles. The molecule has 1 aromatic rings. The number of nitrogens with zero attached hydrogens (tertiary/aromatic N) is 3. The smallest absolute Gasteiger partial charge is 0.242 e. The molecule has 2 rings (SSSR count). The summed E-state index contributed by atoms with van der Waals surface area (Å²) in [7, 11) is 0. The summed E-state index contributed by atoms with van der Waals surface area (Å²) in [6, 6.07) is 0. The van der Waals surface area contributed by atoms with Crippen LogP contribution >= 0.6 is 11.6 Å². The van der Waals surface area contributed by atoms with Crippen LogP contribution in [0, 0.1) is 0 Å². The molecule has 0 spiro atoms. The van der Waals surface area contributed by atoms with Gasteiger partial charge in [0.1, 0.15) is 5.82 Å². The van der Waals surface area contributed by atoms with Crippen LogP contribution in [0.5, 0.6) is 0 Å². The Balaban J connectivity index is 2.27. The summed E-state index contributed by atoms with van der Waals surface area (Å²) >= 11 is 5.58. The fourth-order valence-electron chi connectivity index (χ4n) is 1.86. The Hall–Kier alpha value is -1.11. The maximum Gasteiger partial charge on any atom is 0.242 e. The highest BCUT2D eigenvalue weighted by Crippen LogP contribution is 2.27. The topological polar surface area (TPSA) is 29.0 Å². The highest BCUT2D eigenvalue weighted by molar-refractivity contribution is 6.28. The first-order valence-electron chi connectivity index (χ1n) is 5.30. The van der Waals surface area contributed by atoms with Gasteiger partial charge >= 0.3 is 0 Å². The van der Waals surface area contributed by atoms with Gasteiger partial charge in [-0.3, -0.25) is 0 Å². The lowest BCUT2D eigenvalue weighted by molar-refractivity contribution is 0.149. The standard InChI is InChI=1S/C10H10ClF4N3/c11-10-16-2-5(1-8(14)15)9(17-10)18-3-6(12)7(13)4-18/h2,6-8H,1,3-4H2/t6-,7-/m0/s1. The SMILES string of the molecule is FC(F)Cc1cnc(Cl)nc1N1C[C@H](F)[C@@H](F)C1. The number of halogens is 5. The molecule has 1 saturated heterocycles. The van der Waals surface area contributed by atoms with Crippen molar-refractivity contribution in [3.05, 3.63) is 17.0 Å². The van der Waals surface area contributed by atoms with Crippen LogP contribution in [0.3, 0.4) is 0 Å². The molecule has 0 unspecified atom stereocenters. The fraction of sp³-hybridized carbons (Fsp3) is 0.600. The van der Waals surface area contributed by atoms with Crippen molar-refractivity contribution in [1.82, 2.24) is 9.97 Å². The van der Waals surface area contributed by atoms with Crippen LogP contribution in [0.1, 0.15) is 5.56 Å². The van der Waals surface area contributed by atoms with E-state index in [-0.39, 0.29) is 29.8 Å². The van der Waals surface area contributed by atoms with Crippen molar-refractivity contribution < 1.29 is 17.6 Å². The fourth-order valence-corrected chi connectivity index (χ4v) is 1.99. The summed E-state index contributed by atoms with van der Waals surface area (Å²) in [6.07, 6.45) is -5.28. The summed E-state index contributed by atoms with van der Waals surface area (Å²) in [5, 5.41) is -0.138. The van der Waals surface area contributed by atoms with Gasteiger partial charge in [0.25, 0.3) is 0 Å². The third-order valence-electron chi connectivity index (χ3n) is 2.67. The van der Waals surface area contributed by atoms with Crippen molar-refractivity contribution in [2.45, 2.75) is 25.2 Å². The summed E-state index contributed by atoms with van der Waals surface area (Å²) in [5.41, 5.74) is 0.135. The van der Waals surface area contributed by atoms with Crippen molar-refractivity contribution in [1.29, 1.82) is 0 Å². The van der Waals surface area contributed by atoms with E-state index in [1.807, 2.05) is 0 Å². The van der Waals surface area contributed by atoms with Gasteiger partial charge in [-0.05, 0) is 11.6 Å². The highest BCUT2D eigenvalue weighted by atomic mass is 35.5. The van der Waals surface area contributed by atoms with Gasteiger partial charge in [0.2, 0.25) is 11.7 Å². The summed E-state index contributed by atoms with van der Waals surface area (Å²) in [5.74, 6) is 0.0816. The Morgan fingerprint density at radius 1 is 1.33 bits per heavy atom. The molecule has 1 aliphatic heterocycles. The van der Waals surface area contributed by atoms with E-state index < -0.39 is 25.2 Å². The monoisotopic (exact) mass is 283 g/mol. The van der Waals surface area contributed by atoms with Gasteiger partial charge in [-0.1, -0.05) is 0 Å². The van der Waals surface area contributed by atoms with E-state index in [2.05, 4.69) is 9.97 Å². The molecule has 0 saturated carbocycles. The van der Waals surface area contributed by atoms with E-state index in [9.17, 15) is 17.6 Å². The number of alkyl halides is 4. The maximum absolute atomic E-state index is 13.1. The van der Waals surface area contributed by atoms with Crippen LogP contribution in [-0.4, -0.2) is 41.8 Å². The minimum absolute atomic E-state index is 0.0816. The zero-order valence-electron chi connectivity index (χ0n) is 9.16. The van der Waals surface area contributed by atoms with E-state index in [0.717, 1.165) is 6.20 Å². The second-order valence-corrected chi connectivity index (χ2v) is 4.36. The Labute approximate surface area is 106 Å². The van der Waals surface area contributed by atoms with Gasteiger partial charge in [0, 0.05) is 18.2 Å². The van der Waals surface area contributed by atoms with Gasteiger partial charge in [-0.25, -0.2) is 27.5 Å². The molecule has 3 nitrogen and oxygen atoms in total. The second kappa shape index (κ2) is 5.26. The predicted molar refractivity (Wildman–Crippen MR) is 58.8 cm³/mol. The molecule has 100 valence electrons. The zero-order chi connectivity index (χ0) is 13.3. The Bertz CT molecular complexity index is 422. The molecule has 0 N–H and O–H groups in total. The van der Waals surface area contributed by atoms with E-state index >= 15 is 0 Å². The first-order valence-corrected chi connectivity index (χ1v) is 5.68.